The number of carbonyl (C=O) groups excluding carboxylic acids is 1. The topological polar surface area (TPSA) is 67.6 Å². The Morgan fingerprint density at radius 3 is 2.67 bits per heavy atom. The van der Waals surface area contributed by atoms with Gasteiger partial charge in [-0.25, -0.2) is 4.79 Å². The van der Waals surface area contributed by atoms with Gasteiger partial charge >= 0.3 is 6.09 Å². The number of nitrogens with zero attached hydrogens (tertiary/aromatic N) is 3. The van der Waals surface area contributed by atoms with Crippen molar-refractivity contribution in [2.75, 3.05) is 7.05 Å². The fourth-order valence-corrected chi connectivity index (χ4v) is 3.19. The molecule has 128 valence electrons. The molecule has 24 heavy (non-hydrogen) atoms. The highest BCUT2D eigenvalue weighted by Gasteiger charge is 2.25. The SMILES string of the molecule is CN(C(=O)OCc1c(-c2ccc(O)cc2)cnn1C)C1CCCC1. The van der Waals surface area contributed by atoms with E-state index in [1.807, 2.05) is 26.2 Å². The van der Waals surface area contributed by atoms with E-state index in [4.69, 9.17) is 4.74 Å². The molecule has 0 bridgehead atoms. The fraction of sp³-hybridized carbons (Fsp3) is 0.444. The summed E-state index contributed by atoms with van der Waals surface area (Å²) in [7, 11) is 3.64. The van der Waals surface area contributed by atoms with E-state index in [1.54, 1.807) is 27.9 Å². The lowest BCUT2D eigenvalue weighted by Crippen LogP contribution is -2.35. The van der Waals surface area contributed by atoms with Crippen LogP contribution in [0.4, 0.5) is 4.79 Å². The van der Waals surface area contributed by atoms with Gasteiger partial charge in [-0.3, -0.25) is 4.68 Å². The van der Waals surface area contributed by atoms with Crippen LogP contribution >= 0.6 is 0 Å². The number of carbonyl (C=O) groups is 1. The van der Waals surface area contributed by atoms with Crippen LogP contribution in [-0.4, -0.2) is 39.0 Å². The van der Waals surface area contributed by atoms with Crippen LogP contribution in [-0.2, 0) is 18.4 Å². The minimum Gasteiger partial charge on any atom is -0.508 e. The van der Waals surface area contributed by atoms with Crippen molar-refractivity contribution < 1.29 is 14.6 Å². The Balaban J connectivity index is 1.70. The van der Waals surface area contributed by atoms with Crippen LogP contribution in [0.5, 0.6) is 5.75 Å². The number of phenols is 1. The van der Waals surface area contributed by atoms with Crippen LogP contribution in [0.2, 0.25) is 0 Å². The monoisotopic (exact) mass is 329 g/mol. The molecule has 6 heteroatoms. The van der Waals surface area contributed by atoms with Gasteiger partial charge in [-0.05, 0) is 30.5 Å². The van der Waals surface area contributed by atoms with Crippen LogP contribution in [0.1, 0.15) is 31.4 Å². The zero-order chi connectivity index (χ0) is 17.1. The molecule has 3 rings (SSSR count). The standard InChI is InChI=1S/C18H23N3O3/c1-20(14-5-3-4-6-14)18(23)24-12-17-16(11-19-21(17)2)13-7-9-15(22)10-8-13/h7-11,14,22H,3-6,12H2,1-2H3. The van der Waals surface area contributed by atoms with Gasteiger partial charge in [-0.15, -0.1) is 0 Å². The number of phenolic OH excluding ortho intramolecular Hbond substituents is 1. The third-order valence-corrected chi connectivity index (χ3v) is 4.73. The molecule has 1 aromatic heterocycles. The second-order valence-corrected chi connectivity index (χ2v) is 6.28. The summed E-state index contributed by atoms with van der Waals surface area (Å²) in [6, 6.07) is 7.20. The first-order valence-corrected chi connectivity index (χ1v) is 8.26. The Labute approximate surface area is 141 Å². The number of aromatic hydroxyl groups is 1. The van der Waals surface area contributed by atoms with Crippen LogP contribution in [0, 0.1) is 0 Å². The Hall–Kier alpha value is -2.50. The first-order valence-electron chi connectivity index (χ1n) is 8.26. The van der Waals surface area contributed by atoms with Gasteiger partial charge in [0.05, 0.1) is 11.9 Å². The van der Waals surface area contributed by atoms with Crippen molar-refractivity contribution in [1.29, 1.82) is 0 Å². The number of ether oxygens (including phenoxy) is 1. The minimum atomic E-state index is -0.292. The van der Waals surface area contributed by atoms with Crippen molar-refractivity contribution in [3.63, 3.8) is 0 Å². The number of rotatable bonds is 4. The summed E-state index contributed by atoms with van der Waals surface area (Å²) in [6.07, 6.45) is 5.91. The number of benzene rings is 1. The minimum absolute atomic E-state index is 0.169. The highest BCUT2D eigenvalue weighted by Crippen LogP contribution is 2.26. The molecule has 1 aliphatic carbocycles. The Morgan fingerprint density at radius 2 is 2.00 bits per heavy atom. The predicted octanol–water partition coefficient (Wildman–Crippen LogP) is 3.30. The second kappa shape index (κ2) is 6.95. The zero-order valence-electron chi connectivity index (χ0n) is 14.1. The summed E-state index contributed by atoms with van der Waals surface area (Å²) < 4.78 is 7.22. The zero-order valence-corrected chi connectivity index (χ0v) is 14.1. The molecule has 0 saturated heterocycles. The molecule has 1 aromatic carbocycles. The summed E-state index contributed by atoms with van der Waals surface area (Å²) >= 11 is 0. The van der Waals surface area contributed by atoms with E-state index in [-0.39, 0.29) is 18.4 Å². The van der Waals surface area contributed by atoms with E-state index in [9.17, 15) is 9.90 Å². The maximum atomic E-state index is 12.3. The molecule has 0 radical (unpaired) electrons. The molecule has 1 N–H and O–H groups in total. The molecule has 6 nitrogen and oxygen atoms in total. The maximum absolute atomic E-state index is 12.3. The average molecular weight is 329 g/mol. The van der Waals surface area contributed by atoms with Gasteiger partial charge < -0.3 is 14.7 Å². The van der Waals surface area contributed by atoms with Crippen molar-refractivity contribution in [2.45, 2.75) is 38.3 Å². The normalized spacial score (nSPS) is 14.8. The van der Waals surface area contributed by atoms with Gasteiger partial charge in [0.2, 0.25) is 0 Å². The number of aromatic nitrogens is 2. The number of hydrogen-bond donors (Lipinski definition) is 1. The number of aryl methyl sites for hydroxylation is 1. The van der Waals surface area contributed by atoms with E-state index >= 15 is 0 Å². The largest absolute Gasteiger partial charge is 0.508 e. The van der Waals surface area contributed by atoms with Crippen molar-refractivity contribution in [3.8, 4) is 16.9 Å². The molecule has 1 heterocycles. The van der Waals surface area contributed by atoms with Crippen molar-refractivity contribution in [2.24, 2.45) is 7.05 Å². The van der Waals surface area contributed by atoms with Crippen LogP contribution in [0.15, 0.2) is 30.5 Å². The molecular weight excluding hydrogens is 306 g/mol. The van der Waals surface area contributed by atoms with Gasteiger partial charge in [-0.1, -0.05) is 25.0 Å². The van der Waals surface area contributed by atoms with Crippen molar-refractivity contribution in [3.05, 3.63) is 36.2 Å². The van der Waals surface area contributed by atoms with E-state index in [2.05, 4.69) is 5.10 Å². The highest BCUT2D eigenvalue weighted by atomic mass is 16.6. The molecule has 1 aliphatic rings. The van der Waals surface area contributed by atoms with Crippen molar-refractivity contribution >= 4 is 6.09 Å². The van der Waals surface area contributed by atoms with Crippen LogP contribution < -0.4 is 0 Å². The molecule has 1 fully saturated rings. The second-order valence-electron chi connectivity index (χ2n) is 6.28. The lowest BCUT2D eigenvalue weighted by atomic mass is 10.1. The van der Waals surface area contributed by atoms with E-state index in [0.717, 1.165) is 29.7 Å². The van der Waals surface area contributed by atoms with Crippen LogP contribution in [0.25, 0.3) is 11.1 Å². The van der Waals surface area contributed by atoms with Gasteiger partial charge in [-0.2, -0.15) is 5.10 Å². The third kappa shape index (κ3) is 3.37. The van der Waals surface area contributed by atoms with E-state index < -0.39 is 0 Å². The number of amides is 1. The fourth-order valence-electron chi connectivity index (χ4n) is 3.19. The average Bonchev–Trinajstić information content (AvgIpc) is 3.23. The van der Waals surface area contributed by atoms with Gasteiger partial charge in [0, 0.05) is 25.7 Å². The lowest BCUT2D eigenvalue weighted by molar-refractivity contribution is 0.0899. The lowest BCUT2D eigenvalue weighted by Gasteiger charge is -2.23. The van der Waals surface area contributed by atoms with Crippen LogP contribution in [0.3, 0.4) is 0 Å². The molecule has 0 atom stereocenters. The highest BCUT2D eigenvalue weighted by molar-refractivity contribution is 5.69. The quantitative estimate of drug-likeness (QED) is 0.934. The molecule has 0 aliphatic heterocycles. The third-order valence-electron chi connectivity index (χ3n) is 4.73. The molecule has 2 aromatic rings. The summed E-state index contributed by atoms with van der Waals surface area (Å²) in [6.45, 7) is 0.169. The van der Waals surface area contributed by atoms with E-state index in [0.29, 0.717) is 6.04 Å². The maximum Gasteiger partial charge on any atom is 0.410 e. The van der Waals surface area contributed by atoms with Crippen molar-refractivity contribution in [1.82, 2.24) is 14.7 Å². The summed E-state index contributed by atoms with van der Waals surface area (Å²) in [5.74, 6) is 0.216. The Bertz CT molecular complexity index is 703. The van der Waals surface area contributed by atoms with E-state index in [1.165, 1.54) is 12.8 Å². The molecule has 0 unspecified atom stereocenters. The number of hydrogen-bond acceptors (Lipinski definition) is 4. The smallest absolute Gasteiger partial charge is 0.410 e. The predicted molar refractivity (Wildman–Crippen MR) is 90.5 cm³/mol. The summed E-state index contributed by atoms with van der Waals surface area (Å²) in [4.78, 5) is 14.0. The first kappa shape index (κ1) is 16.4. The van der Waals surface area contributed by atoms with Gasteiger partial charge in [0.25, 0.3) is 0 Å². The van der Waals surface area contributed by atoms with Gasteiger partial charge in [0.15, 0.2) is 0 Å². The summed E-state index contributed by atoms with van der Waals surface area (Å²) in [5.41, 5.74) is 2.65. The Morgan fingerprint density at radius 1 is 1.33 bits per heavy atom. The molecule has 0 spiro atoms. The Kier molecular flexibility index (Phi) is 4.74. The molecule has 1 saturated carbocycles. The van der Waals surface area contributed by atoms with Gasteiger partial charge in [0.1, 0.15) is 12.4 Å². The summed E-state index contributed by atoms with van der Waals surface area (Å²) in [5, 5.41) is 13.7. The molecule has 1 amide bonds. The first-order chi connectivity index (χ1) is 11.6. The molecular formula is C18H23N3O3.